The Morgan fingerprint density at radius 1 is 1.00 bits per heavy atom. The van der Waals surface area contributed by atoms with Gasteiger partial charge in [0.05, 0.1) is 5.25 Å². The average Bonchev–Trinajstić information content (AvgIpc) is 2.41. The Balaban J connectivity index is 2.14. The van der Waals surface area contributed by atoms with Crippen LogP contribution in [0.2, 0.25) is 0 Å². The van der Waals surface area contributed by atoms with Gasteiger partial charge >= 0.3 is 0 Å². The van der Waals surface area contributed by atoms with Gasteiger partial charge in [0.1, 0.15) is 0 Å². The van der Waals surface area contributed by atoms with Gasteiger partial charge in [-0.3, -0.25) is 4.79 Å². The molecule has 0 aromatic heterocycles. The molecule has 0 saturated carbocycles. The van der Waals surface area contributed by atoms with Gasteiger partial charge in [0.15, 0.2) is 5.78 Å². The van der Waals surface area contributed by atoms with Crippen LogP contribution < -0.4 is 0 Å². The molecule has 104 valence electrons. The molecule has 2 aromatic carbocycles. The van der Waals surface area contributed by atoms with Crippen LogP contribution in [0, 0.1) is 20.8 Å². The zero-order valence-corrected chi connectivity index (χ0v) is 13.3. The molecule has 0 fully saturated rings. The van der Waals surface area contributed by atoms with Gasteiger partial charge < -0.3 is 0 Å². The van der Waals surface area contributed by atoms with Gasteiger partial charge in [0.25, 0.3) is 0 Å². The molecule has 0 heterocycles. The minimum Gasteiger partial charge on any atom is -0.293 e. The first-order chi connectivity index (χ1) is 9.47. The highest BCUT2D eigenvalue weighted by Gasteiger charge is 2.16. The smallest absolute Gasteiger partial charge is 0.175 e. The van der Waals surface area contributed by atoms with Crippen molar-refractivity contribution in [3.8, 4) is 0 Å². The molecule has 0 aliphatic heterocycles. The lowest BCUT2D eigenvalue weighted by atomic mass is 10.0. The van der Waals surface area contributed by atoms with E-state index >= 15 is 0 Å². The topological polar surface area (TPSA) is 17.1 Å². The molecule has 0 N–H and O–H groups in total. The maximum Gasteiger partial charge on any atom is 0.175 e. The normalized spacial score (nSPS) is 12.2. The molecule has 0 radical (unpaired) electrons. The third-order valence-corrected chi connectivity index (χ3v) is 4.56. The van der Waals surface area contributed by atoms with E-state index in [0.29, 0.717) is 0 Å². The molecule has 0 saturated heterocycles. The lowest BCUT2D eigenvalue weighted by Crippen LogP contribution is -2.13. The largest absolute Gasteiger partial charge is 0.293 e. The first-order valence-corrected chi connectivity index (χ1v) is 7.70. The molecule has 1 atom stereocenters. The van der Waals surface area contributed by atoms with Crippen molar-refractivity contribution in [1.82, 2.24) is 0 Å². The van der Waals surface area contributed by atoms with Crippen LogP contribution in [-0.2, 0) is 0 Å². The first-order valence-electron chi connectivity index (χ1n) is 6.82. The minimum absolute atomic E-state index is 0.0705. The van der Waals surface area contributed by atoms with Crippen molar-refractivity contribution < 1.29 is 4.79 Å². The number of thioether (sulfide) groups is 1. The number of hydrogen-bond acceptors (Lipinski definition) is 2. The molecule has 0 bridgehead atoms. The molecule has 20 heavy (non-hydrogen) atoms. The molecule has 0 aliphatic rings. The lowest BCUT2D eigenvalue weighted by molar-refractivity contribution is 0.0994. The van der Waals surface area contributed by atoms with E-state index in [0.717, 1.165) is 10.5 Å². The van der Waals surface area contributed by atoms with Crippen LogP contribution in [-0.4, -0.2) is 11.0 Å². The Bertz CT molecular complexity index is 631. The van der Waals surface area contributed by atoms with Crippen molar-refractivity contribution in [1.29, 1.82) is 0 Å². The second-order valence-corrected chi connectivity index (χ2v) is 6.65. The van der Waals surface area contributed by atoms with Gasteiger partial charge in [-0.15, -0.1) is 11.8 Å². The molecule has 0 amide bonds. The number of hydrogen-bond donors (Lipinski definition) is 0. The van der Waals surface area contributed by atoms with E-state index in [-0.39, 0.29) is 11.0 Å². The number of carbonyl (C=O) groups excluding carboxylic acids is 1. The quantitative estimate of drug-likeness (QED) is 0.582. The Morgan fingerprint density at radius 3 is 2.40 bits per heavy atom. The second-order valence-electron chi connectivity index (χ2n) is 5.24. The van der Waals surface area contributed by atoms with Gasteiger partial charge in [-0.05, 0) is 57.0 Å². The first kappa shape index (κ1) is 14.9. The van der Waals surface area contributed by atoms with E-state index in [1.807, 2.05) is 38.1 Å². The predicted octanol–water partition coefficient (Wildman–Crippen LogP) is 4.98. The number of rotatable bonds is 4. The van der Waals surface area contributed by atoms with Crippen molar-refractivity contribution in [3.63, 3.8) is 0 Å². The number of ketones is 1. The highest BCUT2D eigenvalue weighted by molar-refractivity contribution is 8.00. The standard InChI is InChI=1S/C18H20OS/c1-12-6-5-7-17(10-12)20-15(4)18(19)16-9-8-13(2)14(3)11-16/h5-11,15H,1-4H3. The molecule has 2 aromatic rings. The van der Waals surface area contributed by atoms with Crippen LogP contribution in [0.4, 0.5) is 0 Å². The van der Waals surface area contributed by atoms with Crippen molar-refractivity contribution in [2.24, 2.45) is 0 Å². The molecule has 2 heteroatoms. The summed E-state index contributed by atoms with van der Waals surface area (Å²) in [4.78, 5) is 13.6. The summed E-state index contributed by atoms with van der Waals surface area (Å²) in [5.41, 5.74) is 4.42. The number of benzene rings is 2. The van der Waals surface area contributed by atoms with Gasteiger partial charge in [-0.2, -0.15) is 0 Å². The summed E-state index contributed by atoms with van der Waals surface area (Å²) in [5, 5.41) is -0.0705. The van der Waals surface area contributed by atoms with Crippen LogP contribution in [0.15, 0.2) is 47.4 Å². The molecule has 0 aliphatic carbocycles. The SMILES string of the molecule is Cc1cccc(SC(C)C(=O)c2ccc(C)c(C)c2)c1. The summed E-state index contributed by atoms with van der Waals surface area (Å²) < 4.78 is 0. The third-order valence-electron chi connectivity index (χ3n) is 3.46. The van der Waals surface area contributed by atoms with E-state index in [1.54, 1.807) is 11.8 Å². The molecular formula is C18H20OS. The summed E-state index contributed by atoms with van der Waals surface area (Å²) in [5.74, 6) is 0.194. The molecule has 1 unspecified atom stereocenters. The monoisotopic (exact) mass is 284 g/mol. The van der Waals surface area contributed by atoms with Crippen LogP contribution in [0.5, 0.6) is 0 Å². The minimum atomic E-state index is -0.0705. The summed E-state index contributed by atoms with van der Waals surface area (Å²) in [7, 11) is 0. The number of Topliss-reactive ketones (excluding diaryl/α,β-unsaturated/α-hetero) is 1. The van der Waals surface area contributed by atoms with E-state index in [2.05, 4.69) is 32.0 Å². The highest BCUT2D eigenvalue weighted by atomic mass is 32.2. The third kappa shape index (κ3) is 3.51. The van der Waals surface area contributed by atoms with E-state index < -0.39 is 0 Å². The lowest BCUT2D eigenvalue weighted by Gasteiger charge is -2.12. The fraction of sp³-hybridized carbons (Fsp3) is 0.278. The van der Waals surface area contributed by atoms with Gasteiger partial charge in [0, 0.05) is 10.5 Å². The fourth-order valence-corrected chi connectivity index (χ4v) is 3.14. The Morgan fingerprint density at radius 2 is 1.75 bits per heavy atom. The van der Waals surface area contributed by atoms with Crippen LogP contribution in [0.1, 0.15) is 34.0 Å². The van der Waals surface area contributed by atoms with E-state index in [1.165, 1.54) is 16.7 Å². The zero-order valence-electron chi connectivity index (χ0n) is 12.4. The van der Waals surface area contributed by atoms with Crippen molar-refractivity contribution in [3.05, 3.63) is 64.7 Å². The maximum absolute atomic E-state index is 12.5. The molecular weight excluding hydrogens is 264 g/mol. The van der Waals surface area contributed by atoms with Crippen molar-refractivity contribution in [2.75, 3.05) is 0 Å². The van der Waals surface area contributed by atoms with Crippen LogP contribution in [0.25, 0.3) is 0 Å². The molecule has 0 spiro atoms. The van der Waals surface area contributed by atoms with Crippen LogP contribution in [0.3, 0.4) is 0 Å². The van der Waals surface area contributed by atoms with Gasteiger partial charge in [-0.25, -0.2) is 0 Å². The Labute approximate surface area is 125 Å². The van der Waals surface area contributed by atoms with Gasteiger partial charge in [0.2, 0.25) is 0 Å². The van der Waals surface area contributed by atoms with E-state index in [9.17, 15) is 4.79 Å². The summed E-state index contributed by atoms with van der Waals surface area (Å²) in [6.07, 6.45) is 0. The second kappa shape index (κ2) is 6.27. The number of aryl methyl sites for hydroxylation is 3. The van der Waals surface area contributed by atoms with Crippen molar-refractivity contribution >= 4 is 17.5 Å². The number of carbonyl (C=O) groups is 1. The highest BCUT2D eigenvalue weighted by Crippen LogP contribution is 2.26. The Hall–Kier alpha value is -1.54. The van der Waals surface area contributed by atoms with Crippen LogP contribution >= 0.6 is 11.8 Å². The van der Waals surface area contributed by atoms with Gasteiger partial charge in [-0.1, -0.05) is 29.8 Å². The summed E-state index contributed by atoms with van der Waals surface area (Å²) in [6, 6.07) is 14.2. The van der Waals surface area contributed by atoms with Crippen molar-refractivity contribution in [2.45, 2.75) is 37.8 Å². The average molecular weight is 284 g/mol. The fourth-order valence-electron chi connectivity index (χ4n) is 2.08. The predicted molar refractivity (Wildman–Crippen MR) is 86.7 cm³/mol. The van der Waals surface area contributed by atoms with E-state index in [4.69, 9.17) is 0 Å². The summed E-state index contributed by atoms with van der Waals surface area (Å²) >= 11 is 1.62. The Kier molecular flexibility index (Phi) is 4.66. The molecule has 1 nitrogen and oxygen atoms in total. The molecule has 2 rings (SSSR count). The zero-order chi connectivity index (χ0) is 14.7. The summed E-state index contributed by atoms with van der Waals surface area (Å²) in [6.45, 7) is 8.16. The maximum atomic E-state index is 12.5.